The first-order valence-electron chi connectivity index (χ1n) is 6.64. The number of halogens is 1. The molecule has 0 radical (unpaired) electrons. The predicted octanol–water partition coefficient (Wildman–Crippen LogP) is 2.31. The van der Waals surface area contributed by atoms with Crippen LogP contribution in [-0.4, -0.2) is 28.6 Å². The molecule has 0 saturated heterocycles. The molecule has 0 spiro atoms. The zero-order valence-electron chi connectivity index (χ0n) is 11.6. The Balaban J connectivity index is 2.46. The van der Waals surface area contributed by atoms with Gasteiger partial charge in [0.05, 0.1) is 18.0 Å². The second-order valence-corrected chi connectivity index (χ2v) is 4.53. The summed E-state index contributed by atoms with van der Waals surface area (Å²) in [5, 5.41) is 2.78. The Bertz CT molecular complexity index is 610. The fraction of sp³-hybridized carbons (Fsp3) is 0.429. The summed E-state index contributed by atoms with van der Waals surface area (Å²) in [7, 11) is 0. The van der Waals surface area contributed by atoms with Crippen molar-refractivity contribution in [1.29, 1.82) is 0 Å². The molecule has 0 fully saturated rings. The minimum atomic E-state index is -0.0556. The van der Waals surface area contributed by atoms with Gasteiger partial charge in [-0.2, -0.15) is 0 Å². The average Bonchev–Trinajstić information content (AvgIpc) is 2.79. The predicted molar refractivity (Wildman–Crippen MR) is 79.1 cm³/mol. The summed E-state index contributed by atoms with van der Waals surface area (Å²) in [6.07, 6.45) is 0. The lowest BCUT2D eigenvalue weighted by Crippen LogP contribution is -2.27. The topological polar surface area (TPSA) is 56.2 Å². The van der Waals surface area contributed by atoms with Gasteiger partial charge in [0.15, 0.2) is 0 Å². The van der Waals surface area contributed by atoms with Crippen LogP contribution in [0.5, 0.6) is 5.75 Å². The molecule has 0 aliphatic rings. The van der Waals surface area contributed by atoms with Gasteiger partial charge in [-0.1, -0.05) is 6.07 Å². The van der Waals surface area contributed by atoms with Crippen LogP contribution in [-0.2, 0) is 17.2 Å². The van der Waals surface area contributed by atoms with E-state index in [1.807, 2.05) is 36.6 Å². The van der Waals surface area contributed by atoms with Crippen LogP contribution >= 0.6 is 11.6 Å². The van der Waals surface area contributed by atoms with E-state index in [0.717, 1.165) is 11.0 Å². The highest BCUT2D eigenvalue weighted by Gasteiger charge is 2.15. The van der Waals surface area contributed by atoms with E-state index in [-0.39, 0.29) is 18.3 Å². The highest BCUT2D eigenvalue weighted by atomic mass is 35.5. The summed E-state index contributed by atoms with van der Waals surface area (Å²) in [5.74, 6) is 1.57. The number of aromatic nitrogens is 2. The van der Waals surface area contributed by atoms with E-state index in [1.54, 1.807) is 0 Å². The van der Waals surface area contributed by atoms with Gasteiger partial charge in [-0.05, 0) is 26.0 Å². The highest BCUT2D eigenvalue weighted by molar-refractivity contribution is 6.17. The molecule has 0 unspecified atom stereocenters. The number of likely N-dealkylation sites (N-methyl/N-ethyl adjacent to an activating group) is 1. The Morgan fingerprint density at radius 1 is 1.45 bits per heavy atom. The zero-order chi connectivity index (χ0) is 14.5. The van der Waals surface area contributed by atoms with Crippen LogP contribution in [0.3, 0.4) is 0 Å². The van der Waals surface area contributed by atoms with Crippen molar-refractivity contribution in [3.63, 3.8) is 0 Å². The first kappa shape index (κ1) is 14.7. The molecule has 0 saturated carbocycles. The van der Waals surface area contributed by atoms with Crippen LogP contribution in [0, 0.1) is 0 Å². The number of rotatable bonds is 6. The molecular formula is C14H18ClN3O2. The van der Waals surface area contributed by atoms with E-state index < -0.39 is 0 Å². The summed E-state index contributed by atoms with van der Waals surface area (Å²) in [5.41, 5.74) is 1.60. The quantitative estimate of drug-likeness (QED) is 0.832. The van der Waals surface area contributed by atoms with Crippen molar-refractivity contribution in [2.75, 3.05) is 13.2 Å². The summed E-state index contributed by atoms with van der Waals surface area (Å²) in [4.78, 5) is 16.3. The number of hydrogen-bond donors (Lipinski definition) is 1. The third-order valence-corrected chi connectivity index (χ3v) is 3.16. The molecule has 1 aromatic heterocycles. The standard InChI is InChI=1S/C14H18ClN3O2/c1-3-16-13(19)9-18-10-6-5-7-11(20-4-2)14(10)17-12(18)8-15/h5-7H,3-4,8-9H2,1-2H3,(H,16,19). The van der Waals surface area contributed by atoms with Gasteiger partial charge < -0.3 is 14.6 Å². The van der Waals surface area contributed by atoms with E-state index >= 15 is 0 Å². The molecule has 1 N–H and O–H groups in total. The number of carbonyl (C=O) groups excluding carboxylic acids is 1. The number of fused-ring (bicyclic) bond motifs is 1. The van der Waals surface area contributed by atoms with Gasteiger partial charge in [-0.15, -0.1) is 11.6 Å². The van der Waals surface area contributed by atoms with E-state index in [2.05, 4.69) is 10.3 Å². The summed E-state index contributed by atoms with van der Waals surface area (Å²) < 4.78 is 7.39. The maximum Gasteiger partial charge on any atom is 0.239 e. The van der Waals surface area contributed by atoms with Crippen molar-refractivity contribution in [1.82, 2.24) is 14.9 Å². The van der Waals surface area contributed by atoms with Gasteiger partial charge in [0.25, 0.3) is 0 Å². The second-order valence-electron chi connectivity index (χ2n) is 4.26. The molecule has 0 atom stereocenters. The van der Waals surface area contributed by atoms with Crippen LogP contribution in [0.25, 0.3) is 11.0 Å². The lowest BCUT2D eigenvalue weighted by Gasteiger charge is -2.08. The molecule has 2 rings (SSSR count). The number of imidazole rings is 1. The number of alkyl halides is 1. The third-order valence-electron chi connectivity index (χ3n) is 2.92. The molecular weight excluding hydrogens is 278 g/mol. The van der Waals surface area contributed by atoms with Gasteiger partial charge in [0.2, 0.25) is 5.91 Å². The van der Waals surface area contributed by atoms with Crippen molar-refractivity contribution in [3.05, 3.63) is 24.0 Å². The average molecular weight is 296 g/mol. The van der Waals surface area contributed by atoms with Crippen molar-refractivity contribution in [2.24, 2.45) is 0 Å². The largest absolute Gasteiger partial charge is 0.492 e. The highest BCUT2D eigenvalue weighted by Crippen LogP contribution is 2.26. The SMILES string of the molecule is CCNC(=O)Cn1c(CCl)nc2c(OCC)cccc21. The van der Waals surface area contributed by atoms with Crippen LogP contribution in [0.2, 0.25) is 0 Å². The summed E-state index contributed by atoms with van der Waals surface area (Å²) in [6, 6.07) is 5.68. The monoisotopic (exact) mass is 295 g/mol. The van der Waals surface area contributed by atoms with Crippen molar-refractivity contribution in [2.45, 2.75) is 26.3 Å². The molecule has 5 nitrogen and oxygen atoms in total. The normalized spacial score (nSPS) is 10.8. The Kier molecular flexibility index (Phi) is 4.84. The van der Waals surface area contributed by atoms with Crippen LogP contribution in [0.4, 0.5) is 0 Å². The molecule has 1 amide bonds. The smallest absolute Gasteiger partial charge is 0.239 e. The van der Waals surface area contributed by atoms with Crippen LogP contribution in [0.15, 0.2) is 18.2 Å². The van der Waals surface area contributed by atoms with E-state index in [4.69, 9.17) is 16.3 Å². The number of amides is 1. The maximum absolute atomic E-state index is 11.8. The fourth-order valence-corrected chi connectivity index (χ4v) is 2.32. The Morgan fingerprint density at radius 2 is 2.25 bits per heavy atom. The molecule has 0 aliphatic heterocycles. The Morgan fingerprint density at radius 3 is 2.90 bits per heavy atom. The van der Waals surface area contributed by atoms with Crippen molar-refractivity contribution < 1.29 is 9.53 Å². The number of para-hydroxylation sites is 1. The Hall–Kier alpha value is -1.75. The minimum absolute atomic E-state index is 0.0556. The number of hydrogen-bond acceptors (Lipinski definition) is 3. The van der Waals surface area contributed by atoms with Gasteiger partial charge in [-0.3, -0.25) is 4.79 Å². The number of ether oxygens (including phenoxy) is 1. The molecule has 1 aromatic carbocycles. The molecule has 20 heavy (non-hydrogen) atoms. The number of nitrogens with one attached hydrogen (secondary N) is 1. The molecule has 108 valence electrons. The number of carbonyl (C=O) groups is 1. The Labute approximate surface area is 122 Å². The van der Waals surface area contributed by atoms with E-state index in [9.17, 15) is 4.79 Å². The van der Waals surface area contributed by atoms with Gasteiger partial charge in [-0.25, -0.2) is 4.98 Å². The van der Waals surface area contributed by atoms with Crippen molar-refractivity contribution in [3.8, 4) is 5.75 Å². The minimum Gasteiger partial charge on any atom is -0.492 e. The lowest BCUT2D eigenvalue weighted by molar-refractivity contribution is -0.121. The first-order valence-corrected chi connectivity index (χ1v) is 7.18. The molecule has 1 heterocycles. The van der Waals surface area contributed by atoms with E-state index in [1.165, 1.54) is 0 Å². The van der Waals surface area contributed by atoms with Crippen molar-refractivity contribution >= 4 is 28.5 Å². The summed E-state index contributed by atoms with van der Waals surface area (Å²) in [6.45, 7) is 5.19. The molecule has 2 aromatic rings. The summed E-state index contributed by atoms with van der Waals surface area (Å²) >= 11 is 5.94. The number of nitrogens with zero attached hydrogens (tertiary/aromatic N) is 2. The van der Waals surface area contributed by atoms with Gasteiger partial charge in [0.1, 0.15) is 23.6 Å². The molecule has 6 heteroatoms. The lowest BCUT2D eigenvalue weighted by atomic mass is 10.3. The maximum atomic E-state index is 11.8. The van der Waals surface area contributed by atoms with Crippen LogP contribution in [0.1, 0.15) is 19.7 Å². The first-order chi connectivity index (χ1) is 9.71. The molecule has 0 bridgehead atoms. The van der Waals surface area contributed by atoms with Crippen LogP contribution < -0.4 is 10.1 Å². The van der Waals surface area contributed by atoms with Gasteiger partial charge in [0, 0.05) is 6.54 Å². The van der Waals surface area contributed by atoms with Gasteiger partial charge >= 0.3 is 0 Å². The second kappa shape index (κ2) is 6.61. The van der Waals surface area contributed by atoms with E-state index in [0.29, 0.717) is 24.7 Å². The molecule has 0 aliphatic carbocycles. The number of benzene rings is 1. The zero-order valence-corrected chi connectivity index (χ0v) is 12.4. The fourth-order valence-electron chi connectivity index (χ4n) is 2.12. The third kappa shape index (κ3) is 2.88.